The zero-order valence-electron chi connectivity index (χ0n) is 24.2. The Morgan fingerprint density at radius 2 is 0.842 bits per heavy atom. The Balaban J connectivity index is 1.76. The van der Waals surface area contributed by atoms with Crippen LogP contribution in [0.5, 0.6) is 0 Å². The van der Waals surface area contributed by atoms with Crippen LogP contribution in [0.3, 0.4) is 0 Å². The number of benzene rings is 3. The van der Waals surface area contributed by atoms with Crippen LogP contribution in [0.25, 0.3) is 0 Å². The molecular weight excluding hydrogens is 456 g/mol. The van der Waals surface area contributed by atoms with Crippen LogP contribution in [0.2, 0.25) is 0 Å². The Morgan fingerprint density at radius 1 is 0.474 bits per heavy atom. The molecule has 0 saturated heterocycles. The van der Waals surface area contributed by atoms with Gasteiger partial charge in [-0.1, -0.05) is 125 Å². The molecule has 3 aromatic rings. The van der Waals surface area contributed by atoms with Gasteiger partial charge in [0.1, 0.15) is 0 Å². The van der Waals surface area contributed by atoms with Crippen molar-refractivity contribution in [3.8, 4) is 0 Å². The highest BCUT2D eigenvalue weighted by Crippen LogP contribution is 2.63. The number of hydrogen-bond acceptors (Lipinski definition) is 0. The second kappa shape index (κ2) is 9.71. The Morgan fingerprint density at radius 3 is 1.26 bits per heavy atom. The fourth-order valence-corrected chi connectivity index (χ4v) is 9.12. The summed E-state index contributed by atoms with van der Waals surface area (Å²) in [4.78, 5) is 0. The molecule has 2 saturated carbocycles. The molecule has 0 spiro atoms. The van der Waals surface area contributed by atoms with E-state index in [9.17, 15) is 0 Å². The first kappa shape index (κ1) is 25.4. The summed E-state index contributed by atoms with van der Waals surface area (Å²) < 4.78 is 0. The summed E-state index contributed by atoms with van der Waals surface area (Å²) >= 11 is 0. The second-order valence-corrected chi connectivity index (χ2v) is 13.0. The maximum atomic E-state index is 2.59. The average Bonchev–Trinajstić information content (AvgIpc) is 3.18. The van der Waals surface area contributed by atoms with Gasteiger partial charge in [-0.05, 0) is 101 Å². The number of rotatable bonds is 4. The van der Waals surface area contributed by atoms with Gasteiger partial charge in [0, 0.05) is 5.41 Å². The Labute approximate surface area is 230 Å². The molecule has 0 heteroatoms. The summed E-state index contributed by atoms with van der Waals surface area (Å²) in [5, 5.41) is 0. The predicted molar refractivity (Wildman–Crippen MR) is 162 cm³/mol. The Bertz CT molecular complexity index is 1230. The van der Waals surface area contributed by atoms with E-state index in [4.69, 9.17) is 0 Å². The zero-order chi connectivity index (χ0) is 26.6. The highest BCUT2D eigenvalue weighted by molar-refractivity contribution is 5.57. The van der Waals surface area contributed by atoms with Gasteiger partial charge in [-0.3, -0.25) is 0 Å². The lowest BCUT2D eigenvalue weighted by atomic mass is 9.55. The molecule has 6 rings (SSSR count). The van der Waals surface area contributed by atoms with E-state index in [1.54, 1.807) is 0 Å². The van der Waals surface area contributed by atoms with Crippen molar-refractivity contribution >= 4 is 0 Å². The smallest absolute Gasteiger partial charge is 0.0488 e. The van der Waals surface area contributed by atoms with Crippen LogP contribution in [0.4, 0.5) is 0 Å². The lowest BCUT2D eigenvalue weighted by Gasteiger charge is -2.48. The zero-order valence-corrected chi connectivity index (χ0v) is 24.2. The summed E-state index contributed by atoms with van der Waals surface area (Å²) in [7, 11) is 0. The van der Waals surface area contributed by atoms with E-state index in [0.29, 0.717) is 23.7 Å². The molecule has 3 aliphatic rings. The maximum absolute atomic E-state index is 2.59. The van der Waals surface area contributed by atoms with Crippen molar-refractivity contribution in [2.24, 2.45) is 29.6 Å². The Kier molecular flexibility index (Phi) is 6.50. The predicted octanol–water partition coefficient (Wildman–Crippen LogP) is 9.67. The molecule has 38 heavy (non-hydrogen) atoms. The number of fused-ring (bicyclic) bond motifs is 3. The molecule has 0 nitrogen and oxygen atoms in total. The first-order chi connectivity index (χ1) is 18.3. The molecule has 3 aliphatic carbocycles. The number of aryl methyl sites for hydroxylation is 6. The monoisotopic (exact) mass is 500 g/mol. The molecular formula is C38H44. The van der Waals surface area contributed by atoms with Crippen LogP contribution in [0.15, 0.2) is 78.9 Å². The molecule has 196 valence electrons. The molecule has 0 N–H and O–H groups in total. The molecule has 2 fully saturated rings. The van der Waals surface area contributed by atoms with Crippen LogP contribution < -0.4 is 0 Å². The molecule has 0 bridgehead atoms. The summed E-state index contributed by atoms with van der Waals surface area (Å²) in [5.74, 6) is 3.21. The van der Waals surface area contributed by atoms with E-state index < -0.39 is 0 Å². The fraction of sp³-hybridized carbons (Fsp3) is 0.421. The quantitative estimate of drug-likeness (QED) is 0.313. The van der Waals surface area contributed by atoms with E-state index in [0.717, 1.165) is 5.92 Å². The van der Waals surface area contributed by atoms with Crippen LogP contribution in [-0.4, -0.2) is 0 Å². The van der Waals surface area contributed by atoms with Crippen molar-refractivity contribution in [1.82, 2.24) is 0 Å². The molecule has 0 amide bonds. The van der Waals surface area contributed by atoms with Crippen LogP contribution in [0, 0.1) is 71.1 Å². The van der Waals surface area contributed by atoms with E-state index >= 15 is 0 Å². The minimum absolute atomic E-state index is 0.209. The third kappa shape index (κ3) is 4.12. The summed E-state index contributed by atoms with van der Waals surface area (Å²) in [6.45, 7) is 13.7. The molecule has 3 aromatic carbocycles. The highest BCUT2D eigenvalue weighted by Gasteiger charge is 2.59. The average molecular weight is 501 g/mol. The molecule has 0 aliphatic heterocycles. The first-order valence-electron chi connectivity index (χ1n) is 14.9. The first-order valence-corrected chi connectivity index (χ1v) is 14.9. The maximum Gasteiger partial charge on any atom is 0.0488 e. The number of hydrogen-bond donors (Lipinski definition) is 0. The second-order valence-electron chi connectivity index (χ2n) is 13.0. The minimum Gasteiger partial charge on any atom is -0.0805 e. The highest BCUT2D eigenvalue weighted by atomic mass is 14.6. The molecule has 5 atom stereocenters. The van der Waals surface area contributed by atoms with Gasteiger partial charge in [-0.2, -0.15) is 0 Å². The minimum atomic E-state index is -0.209. The third-order valence-corrected chi connectivity index (χ3v) is 10.00. The van der Waals surface area contributed by atoms with Crippen molar-refractivity contribution in [3.63, 3.8) is 0 Å². The largest absolute Gasteiger partial charge is 0.0805 e. The standard InChI is InChI=1S/C38H44/c1-24-15-25(2)19-30(18-24)38(31-20-26(3)16-27(4)21-31,32-22-28(5)17-29(6)23-32)37-35-13-9-7-11-33(35)34-12-8-10-14-36(34)37/h7,9,11,13,15-23,33-37H,8,10,12,14H2,1-6H3. The van der Waals surface area contributed by atoms with E-state index in [-0.39, 0.29) is 5.41 Å². The van der Waals surface area contributed by atoms with Gasteiger partial charge in [-0.15, -0.1) is 0 Å². The van der Waals surface area contributed by atoms with E-state index in [2.05, 4.69) is 120 Å². The van der Waals surface area contributed by atoms with Gasteiger partial charge >= 0.3 is 0 Å². The van der Waals surface area contributed by atoms with Crippen molar-refractivity contribution in [1.29, 1.82) is 0 Å². The summed E-state index contributed by atoms with van der Waals surface area (Å²) in [6.07, 6.45) is 15.3. The van der Waals surface area contributed by atoms with Crippen molar-refractivity contribution < 1.29 is 0 Å². The SMILES string of the molecule is Cc1cc(C)cc(C(c2cc(C)cc(C)c2)(c2cc(C)cc(C)c2)C2C3C=CC=CC3C3CCCCC32)c1. The summed E-state index contributed by atoms with van der Waals surface area (Å²) in [5.41, 5.74) is 12.5. The lowest BCUT2D eigenvalue weighted by Crippen LogP contribution is -2.44. The van der Waals surface area contributed by atoms with Gasteiger partial charge in [0.2, 0.25) is 0 Å². The topological polar surface area (TPSA) is 0 Å². The summed E-state index contributed by atoms with van der Waals surface area (Å²) in [6, 6.07) is 22.2. The van der Waals surface area contributed by atoms with E-state index in [1.165, 1.54) is 75.8 Å². The van der Waals surface area contributed by atoms with Crippen molar-refractivity contribution in [2.75, 3.05) is 0 Å². The van der Waals surface area contributed by atoms with Gasteiger partial charge < -0.3 is 0 Å². The normalized spacial score (nSPS) is 26.3. The molecule has 0 heterocycles. The molecule has 0 aromatic heterocycles. The van der Waals surface area contributed by atoms with E-state index in [1.807, 2.05) is 0 Å². The van der Waals surface area contributed by atoms with Crippen LogP contribution >= 0.6 is 0 Å². The molecule has 0 radical (unpaired) electrons. The lowest BCUT2D eigenvalue weighted by molar-refractivity contribution is 0.176. The van der Waals surface area contributed by atoms with Crippen molar-refractivity contribution in [3.05, 3.63) is 129 Å². The molecule has 5 unspecified atom stereocenters. The Hall–Kier alpha value is -2.86. The fourth-order valence-electron chi connectivity index (χ4n) is 9.12. The van der Waals surface area contributed by atoms with Crippen LogP contribution in [-0.2, 0) is 5.41 Å². The third-order valence-electron chi connectivity index (χ3n) is 10.00. The van der Waals surface area contributed by atoms with Gasteiger partial charge in [0.15, 0.2) is 0 Å². The van der Waals surface area contributed by atoms with Gasteiger partial charge in [0.05, 0.1) is 0 Å². The van der Waals surface area contributed by atoms with Crippen molar-refractivity contribution in [2.45, 2.75) is 72.6 Å². The van der Waals surface area contributed by atoms with Gasteiger partial charge in [0.25, 0.3) is 0 Å². The number of allylic oxidation sites excluding steroid dienone is 4. The van der Waals surface area contributed by atoms with Gasteiger partial charge in [-0.25, -0.2) is 0 Å². The van der Waals surface area contributed by atoms with Crippen LogP contribution in [0.1, 0.15) is 75.8 Å².